The fourth-order valence-corrected chi connectivity index (χ4v) is 2.27. The van der Waals surface area contributed by atoms with Crippen LogP contribution < -0.4 is 5.32 Å². The summed E-state index contributed by atoms with van der Waals surface area (Å²) in [5.74, 6) is 2.58. The van der Waals surface area contributed by atoms with Crippen molar-refractivity contribution >= 4 is 21.6 Å². The Bertz CT molecular complexity index is 533. The summed E-state index contributed by atoms with van der Waals surface area (Å²) in [6, 6.07) is 8.16. The van der Waals surface area contributed by atoms with E-state index in [2.05, 4.69) is 48.6 Å². The molecular weight excluding hydrogens is 292 g/mol. The van der Waals surface area contributed by atoms with Crippen molar-refractivity contribution in [2.45, 2.75) is 25.2 Å². The van der Waals surface area contributed by atoms with Crippen LogP contribution in [0.2, 0.25) is 0 Å². The van der Waals surface area contributed by atoms with Gasteiger partial charge in [-0.15, -0.1) is 0 Å². The van der Waals surface area contributed by atoms with Crippen molar-refractivity contribution in [1.82, 2.24) is 15.2 Å². The van der Waals surface area contributed by atoms with Crippen LogP contribution in [0.5, 0.6) is 0 Å². The summed E-state index contributed by atoms with van der Waals surface area (Å²) in [6.45, 7) is 0.857. The molecule has 0 unspecified atom stereocenters. The number of benzene rings is 1. The number of anilines is 1. The van der Waals surface area contributed by atoms with Gasteiger partial charge in [-0.1, -0.05) is 22.0 Å². The average molecular weight is 307 g/mol. The first-order valence-corrected chi connectivity index (χ1v) is 7.01. The predicted octanol–water partition coefficient (Wildman–Crippen LogP) is 3.10. The minimum atomic E-state index is 0.619. The molecule has 0 atom stereocenters. The van der Waals surface area contributed by atoms with Gasteiger partial charge in [0.1, 0.15) is 5.82 Å². The summed E-state index contributed by atoms with van der Waals surface area (Å²) < 4.78 is 1.09. The average Bonchev–Trinajstić information content (AvgIpc) is 3.10. The Morgan fingerprint density at radius 1 is 1.39 bits per heavy atom. The Morgan fingerprint density at radius 2 is 2.28 bits per heavy atom. The van der Waals surface area contributed by atoms with Crippen molar-refractivity contribution in [2.75, 3.05) is 11.9 Å². The molecule has 1 aliphatic carbocycles. The van der Waals surface area contributed by atoms with Crippen LogP contribution in [-0.4, -0.2) is 21.7 Å². The fourth-order valence-electron chi connectivity index (χ4n) is 1.87. The molecule has 94 valence electrons. The zero-order chi connectivity index (χ0) is 12.4. The zero-order valence-electron chi connectivity index (χ0n) is 9.99. The molecule has 0 bridgehead atoms. The third-order valence-electron chi connectivity index (χ3n) is 3.01. The highest BCUT2D eigenvalue weighted by Crippen LogP contribution is 2.37. The lowest BCUT2D eigenvalue weighted by molar-refractivity contribution is 0.901. The molecule has 2 aromatic rings. The Hall–Kier alpha value is -1.36. The molecule has 1 aromatic heterocycles. The van der Waals surface area contributed by atoms with Gasteiger partial charge in [0.15, 0.2) is 5.82 Å². The Labute approximate surface area is 114 Å². The largest absolute Gasteiger partial charge is 0.385 e. The first-order valence-electron chi connectivity index (χ1n) is 6.22. The molecule has 0 saturated heterocycles. The van der Waals surface area contributed by atoms with E-state index in [1.54, 1.807) is 0 Å². The zero-order valence-corrected chi connectivity index (χ0v) is 11.6. The van der Waals surface area contributed by atoms with E-state index in [4.69, 9.17) is 0 Å². The minimum Gasteiger partial charge on any atom is -0.385 e. The number of aromatic nitrogens is 3. The normalized spacial score (nSPS) is 14.7. The monoisotopic (exact) mass is 306 g/mol. The van der Waals surface area contributed by atoms with E-state index >= 15 is 0 Å². The Balaban J connectivity index is 1.51. The van der Waals surface area contributed by atoms with Gasteiger partial charge >= 0.3 is 0 Å². The van der Waals surface area contributed by atoms with Crippen molar-refractivity contribution in [3.63, 3.8) is 0 Å². The Morgan fingerprint density at radius 3 is 3.06 bits per heavy atom. The van der Waals surface area contributed by atoms with Crippen LogP contribution in [0.15, 0.2) is 28.7 Å². The third-order valence-corrected chi connectivity index (χ3v) is 3.50. The highest BCUT2D eigenvalue weighted by atomic mass is 79.9. The van der Waals surface area contributed by atoms with Gasteiger partial charge in [0, 0.05) is 29.0 Å². The molecule has 0 amide bonds. The van der Waals surface area contributed by atoms with Crippen LogP contribution >= 0.6 is 15.9 Å². The highest BCUT2D eigenvalue weighted by Gasteiger charge is 2.27. The van der Waals surface area contributed by atoms with E-state index in [-0.39, 0.29) is 0 Å². The van der Waals surface area contributed by atoms with Crippen molar-refractivity contribution in [3.8, 4) is 0 Å². The second-order valence-electron chi connectivity index (χ2n) is 4.60. The molecule has 0 aliphatic heterocycles. The molecule has 4 nitrogen and oxygen atoms in total. The third kappa shape index (κ3) is 2.90. The molecule has 3 rings (SSSR count). The van der Waals surface area contributed by atoms with Crippen LogP contribution in [0, 0.1) is 0 Å². The summed E-state index contributed by atoms with van der Waals surface area (Å²) in [6.07, 6.45) is 3.35. The molecule has 0 radical (unpaired) electrons. The molecule has 0 spiro atoms. The first kappa shape index (κ1) is 11.7. The lowest BCUT2D eigenvalue weighted by Gasteiger charge is -2.04. The summed E-state index contributed by atoms with van der Waals surface area (Å²) in [5.41, 5.74) is 1.12. The van der Waals surface area contributed by atoms with Gasteiger partial charge in [-0.05, 0) is 31.0 Å². The smallest absolute Gasteiger partial charge is 0.153 e. The second-order valence-corrected chi connectivity index (χ2v) is 5.52. The highest BCUT2D eigenvalue weighted by molar-refractivity contribution is 9.10. The molecule has 1 aromatic carbocycles. The van der Waals surface area contributed by atoms with Crippen LogP contribution in [0.25, 0.3) is 0 Å². The van der Waals surface area contributed by atoms with Gasteiger partial charge < -0.3 is 5.32 Å². The van der Waals surface area contributed by atoms with Gasteiger partial charge in [0.2, 0.25) is 0 Å². The SMILES string of the molecule is Brc1cccc(NCCc2nc(C3CC3)n[nH]2)c1. The summed E-state index contributed by atoms with van der Waals surface area (Å²) in [4.78, 5) is 4.51. The van der Waals surface area contributed by atoms with Crippen LogP contribution in [-0.2, 0) is 6.42 Å². The molecule has 18 heavy (non-hydrogen) atoms. The van der Waals surface area contributed by atoms with Gasteiger partial charge in [0.05, 0.1) is 0 Å². The second kappa shape index (κ2) is 5.10. The van der Waals surface area contributed by atoms with E-state index in [1.807, 2.05) is 12.1 Å². The van der Waals surface area contributed by atoms with Crippen molar-refractivity contribution in [2.24, 2.45) is 0 Å². The van der Waals surface area contributed by atoms with Crippen LogP contribution in [0.1, 0.15) is 30.4 Å². The number of hydrogen-bond donors (Lipinski definition) is 2. The molecule has 1 saturated carbocycles. The lowest BCUT2D eigenvalue weighted by atomic mass is 10.3. The molecule has 5 heteroatoms. The number of hydrogen-bond acceptors (Lipinski definition) is 3. The summed E-state index contributed by atoms with van der Waals surface area (Å²) >= 11 is 3.46. The summed E-state index contributed by atoms with van der Waals surface area (Å²) in [7, 11) is 0. The fraction of sp³-hybridized carbons (Fsp3) is 0.385. The van der Waals surface area contributed by atoms with Crippen LogP contribution in [0.4, 0.5) is 5.69 Å². The van der Waals surface area contributed by atoms with Gasteiger partial charge in [-0.25, -0.2) is 4.98 Å². The number of rotatable bonds is 5. The molecular formula is C13H15BrN4. The lowest BCUT2D eigenvalue weighted by Crippen LogP contribution is -2.05. The standard InChI is InChI=1S/C13H15BrN4/c14-10-2-1-3-11(8-10)15-7-6-12-16-13(18-17-12)9-4-5-9/h1-3,8-9,15H,4-7H2,(H,16,17,18). The maximum atomic E-state index is 4.51. The molecule has 1 heterocycles. The van der Waals surface area contributed by atoms with E-state index in [9.17, 15) is 0 Å². The summed E-state index contributed by atoms with van der Waals surface area (Å²) in [5, 5.41) is 10.6. The Kier molecular flexibility index (Phi) is 3.32. The predicted molar refractivity (Wildman–Crippen MR) is 74.7 cm³/mol. The number of nitrogens with zero attached hydrogens (tertiary/aromatic N) is 2. The van der Waals surface area contributed by atoms with Crippen LogP contribution in [0.3, 0.4) is 0 Å². The maximum absolute atomic E-state index is 4.51. The number of aromatic amines is 1. The topological polar surface area (TPSA) is 53.6 Å². The first-order chi connectivity index (χ1) is 8.81. The van der Waals surface area contributed by atoms with Gasteiger partial charge in [-0.2, -0.15) is 5.10 Å². The minimum absolute atomic E-state index is 0.619. The van der Waals surface area contributed by atoms with Gasteiger partial charge in [-0.3, -0.25) is 5.10 Å². The van der Waals surface area contributed by atoms with E-state index in [0.717, 1.165) is 34.8 Å². The maximum Gasteiger partial charge on any atom is 0.153 e. The van der Waals surface area contributed by atoms with Crippen molar-refractivity contribution < 1.29 is 0 Å². The number of H-pyrrole nitrogens is 1. The van der Waals surface area contributed by atoms with Crippen molar-refractivity contribution in [1.29, 1.82) is 0 Å². The van der Waals surface area contributed by atoms with E-state index in [1.165, 1.54) is 12.8 Å². The van der Waals surface area contributed by atoms with Gasteiger partial charge in [0.25, 0.3) is 0 Å². The molecule has 1 aliphatic rings. The molecule has 2 N–H and O–H groups in total. The van der Waals surface area contributed by atoms with E-state index in [0.29, 0.717) is 5.92 Å². The number of halogens is 1. The van der Waals surface area contributed by atoms with E-state index < -0.39 is 0 Å². The quantitative estimate of drug-likeness (QED) is 0.892. The number of nitrogens with one attached hydrogen (secondary N) is 2. The van der Waals surface area contributed by atoms with Crippen molar-refractivity contribution in [3.05, 3.63) is 40.4 Å². The molecule has 1 fully saturated rings.